The average molecular weight is 472 g/mol. The van der Waals surface area contributed by atoms with Gasteiger partial charge in [0.2, 0.25) is 5.88 Å². The largest absolute Gasteiger partial charge is 0.438 e. The van der Waals surface area contributed by atoms with E-state index in [1.165, 1.54) is 22.2 Å². The van der Waals surface area contributed by atoms with E-state index in [4.69, 9.17) is 28.6 Å². The Bertz CT molecular complexity index is 1270. The third kappa shape index (κ3) is 4.51. The van der Waals surface area contributed by atoms with Gasteiger partial charge in [-0.3, -0.25) is 18.9 Å². The number of carbonyl (C=O) groups is 1. The van der Waals surface area contributed by atoms with Crippen molar-refractivity contribution in [1.29, 1.82) is 0 Å². The maximum absolute atomic E-state index is 13.2. The molecule has 3 aromatic rings. The summed E-state index contributed by atoms with van der Waals surface area (Å²) in [6.07, 6.45) is 3.14. The first-order chi connectivity index (χ1) is 14.8. The minimum absolute atomic E-state index is 0.104. The standard InChI is InChI=1S/C22H18ClN3O3S2/c1-13(2)12-26-21(28)17(31-22(26)30)11-16-19(29-15-8-6-14(23)7-9-15)24-18-5-3-4-10-25(18)20(16)27/h3-11,13H,12H2,1-2H3/b17-11-. The van der Waals surface area contributed by atoms with Crippen LogP contribution in [0.5, 0.6) is 11.6 Å². The highest BCUT2D eigenvalue weighted by Crippen LogP contribution is 2.34. The first-order valence-electron chi connectivity index (χ1n) is 9.53. The number of fused-ring (bicyclic) bond motifs is 1. The molecule has 0 bridgehead atoms. The number of thioether (sulfide) groups is 1. The average Bonchev–Trinajstić information content (AvgIpc) is 2.99. The Morgan fingerprint density at radius 2 is 1.94 bits per heavy atom. The number of amides is 1. The quantitative estimate of drug-likeness (QED) is 0.385. The first kappa shape index (κ1) is 21.5. The fourth-order valence-electron chi connectivity index (χ4n) is 3.05. The Morgan fingerprint density at radius 1 is 1.19 bits per heavy atom. The summed E-state index contributed by atoms with van der Waals surface area (Å²) < 4.78 is 7.81. The second-order valence-electron chi connectivity index (χ2n) is 7.31. The molecule has 0 saturated carbocycles. The molecule has 1 aliphatic heterocycles. The van der Waals surface area contributed by atoms with Crippen LogP contribution in [0.3, 0.4) is 0 Å². The van der Waals surface area contributed by atoms with E-state index in [0.29, 0.717) is 32.2 Å². The van der Waals surface area contributed by atoms with Crippen LogP contribution in [0.2, 0.25) is 5.02 Å². The molecule has 1 saturated heterocycles. The van der Waals surface area contributed by atoms with Crippen LogP contribution >= 0.6 is 35.6 Å². The number of ether oxygens (including phenoxy) is 1. The fraction of sp³-hybridized carbons (Fsp3) is 0.182. The molecule has 0 radical (unpaired) electrons. The lowest BCUT2D eigenvalue weighted by Crippen LogP contribution is -2.31. The molecule has 158 valence electrons. The van der Waals surface area contributed by atoms with Crippen LogP contribution in [0, 0.1) is 5.92 Å². The fourth-order valence-corrected chi connectivity index (χ4v) is 4.43. The van der Waals surface area contributed by atoms with Crippen LogP contribution in [-0.4, -0.2) is 31.1 Å². The van der Waals surface area contributed by atoms with E-state index in [1.54, 1.807) is 53.6 Å². The number of thiocarbonyl (C=S) groups is 1. The molecule has 1 aromatic carbocycles. The Hall–Kier alpha value is -2.68. The number of nitrogens with zero attached hydrogens (tertiary/aromatic N) is 3. The van der Waals surface area contributed by atoms with E-state index in [0.717, 1.165) is 0 Å². The van der Waals surface area contributed by atoms with Crippen molar-refractivity contribution in [2.45, 2.75) is 13.8 Å². The number of aromatic nitrogens is 2. The molecule has 0 aliphatic carbocycles. The Balaban J connectivity index is 1.82. The molecule has 0 spiro atoms. The Labute approximate surface area is 193 Å². The number of pyridine rings is 1. The summed E-state index contributed by atoms with van der Waals surface area (Å²) in [5.41, 5.74) is 0.258. The van der Waals surface area contributed by atoms with Crippen LogP contribution in [0.15, 0.2) is 58.4 Å². The third-order valence-electron chi connectivity index (χ3n) is 4.46. The zero-order valence-corrected chi connectivity index (χ0v) is 19.1. The molecule has 31 heavy (non-hydrogen) atoms. The van der Waals surface area contributed by atoms with Gasteiger partial charge in [-0.2, -0.15) is 4.98 Å². The molecule has 1 fully saturated rings. The second-order valence-corrected chi connectivity index (χ2v) is 9.42. The predicted molar refractivity (Wildman–Crippen MR) is 128 cm³/mol. The van der Waals surface area contributed by atoms with Gasteiger partial charge in [-0.15, -0.1) is 0 Å². The minimum atomic E-state index is -0.344. The lowest BCUT2D eigenvalue weighted by molar-refractivity contribution is -0.122. The summed E-state index contributed by atoms with van der Waals surface area (Å²) in [5, 5.41) is 0.563. The highest BCUT2D eigenvalue weighted by atomic mass is 35.5. The normalized spacial score (nSPS) is 15.5. The van der Waals surface area contributed by atoms with Gasteiger partial charge in [0.1, 0.15) is 21.3 Å². The summed E-state index contributed by atoms with van der Waals surface area (Å²) in [5.74, 6) is 0.614. The highest BCUT2D eigenvalue weighted by molar-refractivity contribution is 8.26. The topological polar surface area (TPSA) is 63.9 Å². The van der Waals surface area contributed by atoms with Crippen molar-refractivity contribution < 1.29 is 9.53 Å². The van der Waals surface area contributed by atoms with Gasteiger partial charge < -0.3 is 4.74 Å². The smallest absolute Gasteiger partial charge is 0.269 e. The van der Waals surface area contributed by atoms with Gasteiger partial charge in [0, 0.05) is 17.8 Å². The zero-order chi connectivity index (χ0) is 22.1. The molecule has 1 amide bonds. The Morgan fingerprint density at radius 3 is 2.65 bits per heavy atom. The number of hydrogen-bond acceptors (Lipinski definition) is 6. The van der Waals surface area contributed by atoms with Crippen molar-refractivity contribution in [3.05, 3.63) is 74.5 Å². The second kappa shape index (κ2) is 8.82. The first-order valence-corrected chi connectivity index (χ1v) is 11.1. The van der Waals surface area contributed by atoms with Crippen LogP contribution in [0.25, 0.3) is 11.7 Å². The van der Waals surface area contributed by atoms with Crippen molar-refractivity contribution >= 4 is 57.5 Å². The molecule has 9 heteroatoms. The molecule has 1 aliphatic rings. The lowest BCUT2D eigenvalue weighted by Gasteiger charge is -2.16. The molecule has 6 nitrogen and oxygen atoms in total. The molecular formula is C22H18ClN3O3S2. The third-order valence-corrected chi connectivity index (χ3v) is 6.09. The van der Waals surface area contributed by atoms with E-state index in [-0.39, 0.29) is 28.8 Å². The molecule has 4 rings (SSSR count). The summed E-state index contributed by atoms with van der Waals surface area (Å²) in [7, 11) is 0. The summed E-state index contributed by atoms with van der Waals surface area (Å²) in [6, 6.07) is 12.0. The maximum Gasteiger partial charge on any atom is 0.269 e. The monoisotopic (exact) mass is 471 g/mol. The SMILES string of the molecule is CC(C)CN1C(=O)/C(=C/c2c(Oc3ccc(Cl)cc3)nc3ccccn3c2=O)SC1=S. The van der Waals surface area contributed by atoms with Gasteiger partial charge in [0.25, 0.3) is 11.5 Å². The number of rotatable bonds is 5. The number of benzene rings is 1. The van der Waals surface area contributed by atoms with Gasteiger partial charge in [-0.25, -0.2) is 0 Å². The molecule has 0 unspecified atom stereocenters. The van der Waals surface area contributed by atoms with Crippen LogP contribution in [-0.2, 0) is 4.79 Å². The predicted octanol–water partition coefficient (Wildman–Crippen LogP) is 5.00. The van der Waals surface area contributed by atoms with E-state index in [2.05, 4.69) is 4.98 Å². The number of carbonyl (C=O) groups excluding carboxylic acids is 1. The lowest BCUT2D eigenvalue weighted by atomic mass is 10.2. The molecule has 0 N–H and O–H groups in total. The molecular weight excluding hydrogens is 454 g/mol. The van der Waals surface area contributed by atoms with E-state index >= 15 is 0 Å². The maximum atomic E-state index is 13.2. The van der Waals surface area contributed by atoms with Gasteiger partial charge in [0.15, 0.2) is 0 Å². The summed E-state index contributed by atoms with van der Waals surface area (Å²) >= 11 is 12.5. The summed E-state index contributed by atoms with van der Waals surface area (Å²) in [6.45, 7) is 4.55. The molecule has 3 heterocycles. The van der Waals surface area contributed by atoms with Crippen molar-refractivity contribution in [2.75, 3.05) is 6.54 Å². The number of hydrogen-bond donors (Lipinski definition) is 0. The van der Waals surface area contributed by atoms with Gasteiger partial charge >= 0.3 is 0 Å². The van der Waals surface area contributed by atoms with Crippen LogP contribution in [0.4, 0.5) is 0 Å². The number of halogens is 1. The van der Waals surface area contributed by atoms with E-state index < -0.39 is 0 Å². The summed E-state index contributed by atoms with van der Waals surface area (Å²) in [4.78, 5) is 32.6. The van der Waals surface area contributed by atoms with Crippen molar-refractivity contribution in [3.63, 3.8) is 0 Å². The van der Waals surface area contributed by atoms with Gasteiger partial charge in [-0.1, -0.05) is 55.5 Å². The van der Waals surface area contributed by atoms with E-state index in [9.17, 15) is 9.59 Å². The minimum Gasteiger partial charge on any atom is -0.438 e. The highest BCUT2D eigenvalue weighted by Gasteiger charge is 2.33. The van der Waals surface area contributed by atoms with Crippen LogP contribution in [0.1, 0.15) is 19.4 Å². The van der Waals surface area contributed by atoms with E-state index in [1.807, 2.05) is 13.8 Å². The zero-order valence-electron chi connectivity index (χ0n) is 16.7. The van der Waals surface area contributed by atoms with Gasteiger partial charge in [-0.05, 0) is 48.4 Å². The Kier molecular flexibility index (Phi) is 6.13. The van der Waals surface area contributed by atoms with Crippen molar-refractivity contribution in [1.82, 2.24) is 14.3 Å². The van der Waals surface area contributed by atoms with Crippen molar-refractivity contribution in [2.24, 2.45) is 5.92 Å². The molecule has 2 aromatic heterocycles. The van der Waals surface area contributed by atoms with Crippen molar-refractivity contribution in [3.8, 4) is 11.6 Å². The van der Waals surface area contributed by atoms with Gasteiger partial charge in [0.05, 0.1) is 4.91 Å². The van der Waals surface area contributed by atoms with Crippen LogP contribution < -0.4 is 10.3 Å². The molecule has 0 atom stereocenters.